The number of amides is 1. The highest BCUT2D eigenvalue weighted by atomic mass is 16.5. The fourth-order valence-electron chi connectivity index (χ4n) is 2.85. The summed E-state index contributed by atoms with van der Waals surface area (Å²) >= 11 is 0. The summed E-state index contributed by atoms with van der Waals surface area (Å²) in [5.74, 6) is -2.66. The number of carboxylic acid groups (broad SMARTS) is 2. The van der Waals surface area contributed by atoms with Gasteiger partial charge in [0, 0.05) is 11.8 Å². The molecule has 0 bridgehead atoms. The van der Waals surface area contributed by atoms with Crippen LogP contribution in [-0.2, 0) is 9.53 Å². The van der Waals surface area contributed by atoms with E-state index in [0.717, 1.165) is 63.9 Å². The van der Waals surface area contributed by atoms with Crippen molar-refractivity contribution in [3.63, 3.8) is 0 Å². The lowest BCUT2D eigenvalue weighted by molar-refractivity contribution is -0.141. The second-order valence-corrected chi connectivity index (χ2v) is 7.15. The fourth-order valence-corrected chi connectivity index (χ4v) is 2.85. The Kier molecular flexibility index (Phi) is 11.2. The van der Waals surface area contributed by atoms with Crippen LogP contribution in [0.2, 0.25) is 0 Å². The van der Waals surface area contributed by atoms with Crippen molar-refractivity contribution in [1.29, 1.82) is 0 Å². The molecule has 0 heterocycles. The van der Waals surface area contributed by atoms with Crippen molar-refractivity contribution in [2.24, 2.45) is 5.92 Å². The molecule has 4 N–H and O–H groups in total. The second-order valence-electron chi connectivity index (χ2n) is 7.15. The first-order valence-corrected chi connectivity index (χ1v) is 10.0. The number of nitrogens with one attached hydrogen (secondary N) is 1. The number of phenols is 1. The van der Waals surface area contributed by atoms with Crippen LogP contribution in [0.15, 0.2) is 18.2 Å². The van der Waals surface area contributed by atoms with Crippen LogP contribution in [0.5, 0.6) is 5.75 Å². The zero-order valence-electron chi connectivity index (χ0n) is 16.9. The molecule has 1 rings (SSSR count). The highest BCUT2D eigenvalue weighted by Gasteiger charge is 2.11. The maximum absolute atomic E-state index is 11.7. The molecule has 1 atom stereocenters. The molecule has 0 aromatic heterocycles. The molecule has 0 radical (unpaired) electrons. The molecule has 29 heavy (non-hydrogen) atoms. The van der Waals surface area contributed by atoms with E-state index < -0.39 is 23.8 Å². The first-order chi connectivity index (χ1) is 13.8. The quantitative estimate of drug-likeness (QED) is 0.322. The lowest BCUT2D eigenvalue weighted by atomic mass is 10.0. The van der Waals surface area contributed by atoms with Crippen molar-refractivity contribution in [2.75, 3.05) is 11.9 Å². The molecule has 0 spiro atoms. The predicted molar refractivity (Wildman–Crippen MR) is 108 cm³/mol. The van der Waals surface area contributed by atoms with Gasteiger partial charge in [-0.15, -0.1) is 0 Å². The van der Waals surface area contributed by atoms with Crippen molar-refractivity contribution in [3.05, 3.63) is 23.8 Å². The van der Waals surface area contributed by atoms with Gasteiger partial charge in [0.05, 0.1) is 12.5 Å². The van der Waals surface area contributed by atoms with Gasteiger partial charge in [0.2, 0.25) is 0 Å². The second kappa shape index (κ2) is 13.4. The van der Waals surface area contributed by atoms with Gasteiger partial charge in [-0.05, 0) is 25.0 Å². The molecule has 8 nitrogen and oxygen atoms in total. The van der Waals surface area contributed by atoms with E-state index in [1.807, 2.05) is 0 Å². The largest absolute Gasteiger partial charge is 0.507 e. The predicted octanol–water partition coefficient (Wildman–Crippen LogP) is 4.87. The molecule has 1 aromatic rings. The van der Waals surface area contributed by atoms with E-state index in [-0.39, 0.29) is 23.8 Å². The van der Waals surface area contributed by atoms with Crippen LogP contribution >= 0.6 is 0 Å². The van der Waals surface area contributed by atoms with E-state index in [1.54, 1.807) is 6.92 Å². The third-order valence-corrected chi connectivity index (χ3v) is 4.66. The van der Waals surface area contributed by atoms with E-state index in [4.69, 9.17) is 14.9 Å². The minimum absolute atomic E-state index is 0.237. The summed E-state index contributed by atoms with van der Waals surface area (Å²) in [5, 5.41) is 29.7. The normalized spacial score (nSPS) is 11.6. The number of rotatable bonds is 14. The Labute approximate surface area is 170 Å². The molecule has 1 amide bonds. The summed E-state index contributed by atoms with van der Waals surface area (Å²) in [6.07, 6.45) is 8.20. The number of hydrogen-bond acceptors (Lipinski definition) is 5. The third-order valence-electron chi connectivity index (χ3n) is 4.66. The van der Waals surface area contributed by atoms with E-state index in [2.05, 4.69) is 5.32 Å². The van der Waals surface area contributed by atoms with E-state index in [9.17, 15) is 19.5 Å². The average molecular weight is 409 g/mol. The Morgan fingerprint density at radius 2 is 1.55 bits per heavy atom. The minimum Gasteiger partial charge on any atom is -0.507 e. The number of carbonyl (C=O) groups is 3. The van der Waals surface area contributed by atoms with Gasteiger partial charge in [-0.2, -0.15) is 0 Å². The number of unbranched alkanes of at least 4 members (excludes halogenated alkanes) is 7. The Morgan fingerprint density at radius 1 is 0.966 bits per heavy atom. The summed E-state index contributed by atoms with van der Waals surface area (Å²) in [5.41, 5.74) is 0.0222. The van der Waals surface area contributed by atoms with Crippen LogP contribution in [0.3, 0.4) is 0 Å². The molecular weight excluding hydrogens is 378 g/mol. The summed E-state index contributed by atoms with van der Waals surface area (Å²) in [4.78, 5) is 33.2. The van der Waals surface area contributed by atoms with Crippen molar-refractivity contribution >= 4 is 23.7 Å². The number of aromatic carboxylic acids is 1. The molecule has 162 valence electrons. The third kappa shape index (κ3) is 10.4. The van der Waals surface area contributed by atoms with Gasteiger partial charge < -0.3 is 20.1 Å². The van der Waals surface area contributed by atoms with Gasteiger partial charge in [0.1, 0.15) is 11.3 Å². The van der Waals surface area contributed by atoms with Gasteiger partial charge >= 0.3 is 18.0 Å². The summed E-state index contributed by atoms with van der Waals surface area (Å²) in [6, 6.07) is 3.75. The van der Waals surface area contributed by atoms with E-state index in [0.29, 0.717) is 0 Å². The monoisotopic (exact) mass is 409 g/mol. The van der Waals surface area contributed by atoms with Crippen molar-refractivity contribution in [3.8, 4) is 5.75 Å². The van der Waals surface area contributed by atoms with E-state index in [1.165, 1.54) is 12.1 Å². The smallest absolute Gasteiger partial charge is 0.411 e. The van der Waals surface area contributed by atoms with Crippen LogP contribution in [0, 0.1) is 5.92 Å². The molecule has 0 aliphatic heterocycles. The van der Waals surface area contributed by atoms with Crippen molar-refractivity contribution < 1.29 is 34.4 Å². The molecule has 0 aliphatic carbocycles. The topological polar surface area (TPSA) is 133 Å². The molecule has 1 unspecified atom stereocenters. The average Bonchev–Trinajstić information content (AvgIpc) is 2.65. The van der Waals surface area contributed by atoms with Crippen LogP contribution in [0.1, 0.15) is 75.1 Å². The Balaban J connectivity index is 2.02. The molecule has 0 aliphatic rings. The molecule has 0 saturated carbocycles. The standard InChI is InChI=1S/C21H31NO7/c1-15(19(24)25)10-8-6-4-2-3-5-7-9-13-29-21(28)22-16-11-12-17(20(26)27)18(23)14-16/h11-12,14-15,23H,2-10,13H2,1H3,(H,22,28)(H,24,25)(H,26,27). The zero-order chi connectivity index (χ0) is 21.6. The minimum atomic E-state index is -1.25. The molecule has 1 aromatic carbocycles. The number of carbonyl (C=O) groups excluding carboxylic acids is 1. The number of benzene rings is 1. The van der Waals surface area contributed by atoms with Gasteiger partial charge in [-0.25, -0.2) is 9.59 Å². The molecule has 0 fully saturated rings. The first kappa shape index (κ1) is 24.3. The number of carboxylic acids is 2. The Hall–Kier alpha value is -2.77. The summed E-state index contributed by atoms with van der Waals surface area (Å²) in [7, 11) is 0. The number of ether oxygens (including phenoxy) is 1. The molecular formula is C21H31NO7. The Morgan fingerprint density at radius 3 is 2.10 bits per heavy atom. The SMILES string of the molecule is CC(CCCCCCCCCCOC(=O)Nc1ccc(C(=O)O)c(O)c1)C(=O)O. The summed E-state index contributed by atoms with van der Waals surface area (Å²) in [6.45, 7) is 2.03. The lowest BCUT2D eigenvalue weighted by Gasteiger charge is -2.08. The van der Waals surface area contributed by atoms with Crippen LogP contribution in [-0.4, -0.2) is 40.0 Å². The van der Waals surface area contributed by atoms with Crippen molar-refractivity contribution in [1.82, 2.24) is 0 Å². The first-order valence-electron chi connectivity index (χ1n) is 10.0. The number of anilines is 1. The molecule has 8 heteroatoms. The zero-order valence-corrected chi connectivity index (χ0v) is 16.9. The fraction of sp³-hybridized carbons (Fsp3) is 0.571. The van der Waals surface area contributed by atoms with Crippen LogP contribution in [0.25, 0.3) is 0 Å². The number of hydrogen-bond donors (Lipinski definition) is 4. The van der Waals surface area contributed by atoms with E-state index >= 15 is 0 Å². The van der Waals surface area contributed by atoms with Gasteiger partial charge in [0.15, 0.2) is 0 Å². The van der Waals surface area contributed by atoms with Crippen LogP contribution in [0.4, 0.5) is 10.5 Å². The maximum Gasteiger partial charge on any atom is 0.411 e. The van der Waals surface area contributed by atoms with Gasteiger partial charge in [-0.3, -0.25) is 10.1 Å². The Bertz CT molecular complexity index is 675. The van der Waals surface area contributed by atoms with Crippen LogP contribution < -0.4 is 5.32 Å². The highest BCUT2D eigenvalue weighted by Crippen LogP contribution is 2.22. The van der Waals surface area contributed by atoms with Gasteiger partial charge in [-0.1, -0.05) is 51.9 Å². The lowest BCUT2D eigenvalue weighted by Crippen LogP contribution is -2.14. The molecule has 0 saturated heterocycles. The van der Waals surface area contributed by atoms with Gasteiger partial charge in [0.25, 0.3) is 0 Å². The highest BCUT2D eigenvalue weighted by molar-refractivity contribution is 5.92. The van der Waals surface area contributed by atoms with Crippen molar-refractivity contribution in [2.45, 2.75) is 64.7 Å². The summed E-state index contributed by atoms with van der Waals surface area (Å²) < 4.78 is 5.07. The number of aliphatic carboxylic acids is 1. The number of aromatic hydroxyl groups is 1. The maximum atomic E-state index is 11.7.